The average Bonchev–Trinajstić information content (AvgIpc) is 2.70. The highest BCUT2D eigenvalue weighted by Crippen LogP contribution is 2.14. The van der Waals surface area contributed by atoms with Crippen LogP contribution in [0.3, 0.4) is 0 Å². The van der Waals surface area contributed by atoms with Crippen molar-refractivity contribution >= 4 is 11.9 Å². The molecule has 0 aromatic heterocycles. The van der Waals surface area contributed by atoms with Gasteiger partial charge >= 0.3 is 0 Å². The molecule has 3 N–H and O–H groups in total. The second-order valence-electron chi connectivity index (χ2n) is 6.67. The maximum Gasteiger partial charge on any atom is 0.251 e. The van der Waals surface area contributed by atoms with E-state index in [4.69, 9.17) is 0 Å². The second kappa shape index (κ2) is 10.4. The van der Waals surface area contributed by atoms with Crippen LogP contribution < -0.4 is 16.0 Å². The second-order valence-corrected chi connectivity index (χ2v) is 6.67. The first-order valence-electron chi connectivity index (χ1n) is 9.43. The van der Waals surface area contributed by atoms with E-state index in [1.807, 2.05) is 25.1 Å². The van der Waals surface area contributed by atoms with Crippen LogP contribution in [-0.4, -0.2) is 32.0 Å². The number of aryl methyl sites for hydroxylation is 1. The zero-order chi connectivity index (χ0) is 19.6. The molecule has 0 fully saturated rings. The lowest BCUT2D eigenvalue weighted by Crippen LogP contribution is -2.39. The molecule has 1 unspecified atom stereocenters. The van der Waals surface area contributed by atoms with Gasteiger partial charge in [-0.1, -0.05) is 48.9 Å². The number of aliphatic imine (C=N–C) groups is 1. The molecule has 0 aliphatic heterocycles. The number of hydrogen-bond donors (Lipinski definition) is 3. The molecule has 2 aromatic carbocycles. The Morgan fingerprint density at radius 2 is 1.85 bits per heavy atom. The summed E-state index contributed by atoms with van der Waals surface area (Å²) in [4.78, 5) is 16.4. The quantitative estimate of drug-likeness (QED) is 0.521. The van der Waals surface area contributed by atoms with Crippen LogP contribution in [0.2, 0.25) is 0 Å². The van der Waals surface area contributed by atoms with Crippen molar-refractivity contribution in [2.24, 2.45) is 4.99 Å². The molecular weight excluding hydrogens is 336 g/mol. The fourth-order valence-electron chi connectivity index (χ4n) is 2.73. The lowest BCUT2D eigenvalue weighted by Gasteiger charge is -2.16. The Kier molecular flexibility index (Phi) is 7.86. The smallest absolute Gasteiger partial charge is 0.251 e. The molecule has 0 radical (unpaired) electrons. The van der Waals surface area contributed by atoms with Gasteiger partial charge in [-0.25, -0.2) is 4.99 Å². The number of nitrogens with one attached hydrogen (secondary N) is 3. The molecule has 2 rings (SSSR count). The van der Waals surface area contributed by atoms with Gasteiger partial charge in [0.05, 0.1) is 6.54 Å². The van der Waals surface area contributed by atoms with Crippen molar-refractivity contribution in [3.8, 4) is 0 Å². The third-order valence-electron chi connectivity index (χ3n) is 4.40. The summed E-state index contributed by atoms with van der Waals surface area (Å²) in [6.45, 7) is 8.46. The number of amides is 1. The standard InChI is InChI=1S/C22H30N4O/c1-5-24-22(25-14-17(3)19-11-9-16(2)10-12-19)26-15-18-7-6-8-20(13-18)21(27)23-4/h6-13,17H,5,14-15H2,1-4H3,(H,23,27)(H2,24,25,26). The number of carbonyl (C=O) groups excluding carboxylic acids is 1. The summed E-state index contributed by atoms with van der Waals surface area (Å²) in [6, 6.07) is 16.2. The van der Waals surface area contributed by atoms with Crippen LogP contribution in [0.25, 0.3) is 0 Å². The molecule has 5 nitrogen and oxygen atoms in total. The predicted molar refractivity (Wildman–Crippen MR) is 112 cm³/mol. The molecule has 0 saturated heterocycles. The highest BCUT2D eigenvalue weighted by atomic mass is 16.1. The van der Waals surface area contributed by atoms with Gasteiger partial charge in [-0.15, -0.1) is 0 Å². The SMILES string of the molecule is CCNC(=NCc1cccc(C(=O)NC)c1)NCC(C)c1ccc(C)cc1. The van der Waals surface area contributed by atoms with Crippen LogP contribution >= 0.6 is 0 Å². The number of hydrogen-bond acceptors (Lipinski definition) is 2. The number of nitrogens with zero attached hydrogens (tertiary/aromatic N) is 1. The van der Waals surface area contributed by atoms with E-state index in [1.165, 1.54) is 11.1 Å². The van der Waals surface area contributed by atoms with Crippen molar-refractivity contribution in [1.29, 1.82) is 0 Å². The van der Waals surface area contributed by atoms with E-state index in [2.05, 4.69) is 59.1 Å². The fraction of sp³-hybridized carbons (Fsp3) is 0.364. The highest BCUT2D eigenvalue weighted by Gasteiger charge is 2.07. The molecule has 27 heavy (non-hydrogen) atoms. The first-order chi connectivity index (χ1) is 13.0. The van der Waals surface area contributed by atoms with E-state index in [-0.39, 0.29) is 5.91 Å². The molecule has 5 heteroatoms. The lowest BCUT2D eigenvalue weighted by atomic mass is 10.0. The van der Waals surface area contributed by atoms with E-state index < -0.39 is 0 Å². The minimum atomic E-state index is -0.0854. The number of guanidine groups is 1. The van der Waals surface area contributed by atoms with Gasteiger partial charge in [0.15, 0.2) is 5.96 Å². The van der Waals surface area contributed by atoms with Crippen LogP contribution in [0.5, 0.6) is 0 Å². The molecule has 0 bridgehead atoms. The molecule has 0 heterocycles. The zero-order valence-electron chi connectivity index (χ0n) is 16.7. The average molecular weight is 367 g/mol. The van der Waals surface area contributed by atoms with E-state index in [0.717, 1.165) is 24.6 Å². The molecule has 0 spiro atoms. The topological polar surface area (TPSA) is 65.5 Å². The Morgan fingerprint density at radius 3 is 2.52 bits per heavy atom. The summed E-state index contributed by atoms with van der Waals surface area (Å²) in [5.41, 5.74) is 4.23. The van der Waals surface area contributed by atoms with Crippen molar-refractivity contribution in [2.75, 3.05) is 20.1 Å². The molecule has 144 valence electrons. The third kappa shape index (κ3) is 6.44. The van der Waals surface area contributed by atoms with Gasteiger partial charge in [0, 0.05) is 25.7 Å². The van der Waals surface area contributed by atoms with E-state index in [9.17, 15) is 4.79 Å². The van der Waals surface area contributed by atoms with Crippen LogP contribution in [0.15, 0.2) is 53.5 Å². The van der Waals surface area contributed by atoms with Gasteiger partial charge in [0.2, 0.25) is 0 Å². The summed E-state index contributed by atoms with van der Waals surface area (Å²) in [5, 5.41) is 9.33. The highest BCUT2D eigenvalue weighted by molar-refractivity contribution is 5.94. The molecule has 2 aromatic rings. The Balaban J connectivity index is 1.99. The number of carbonyl (C=O) groups is 1. The van der Waals surface area contributed by atoms with Gasteiger partial charge in [-0.05, 0) is 43.0 Å². The first kappa shape index (κ1) is 20.5. The largest absolute Gasteiger partial charge is 0.357 e. The molecule has 0 aliphatic carbocycles. The normalized spacial score (nSPS) is 12.4. The predicted octanol–water partition coefficient (Wildman–Crippen LogP) is 3.21. The Bertz CT molecular complexity index is 768. The van der Waals surface area contributed by atoms with Crippen molar-refractivity contribution < 1.29 is 4.79 Å². The Hall–Kier alpha value is -2.82. The number of benzene rings is 2. The van der Waals surface area contributed by atoms with Crippen molar-refractivity contribution in [2.45, 2.75) is 33.2 Å². The van der Waals surface area contributed by atoms with E-state index in [1.54, 1.807) is 13.1 Å². The van der Waals surface area contributed by atoms with E-state index >= 15 is 0 Å². The van der Waals surface area contributed by atoms with E-state index in [0.29, 0.717) is 18.0 Å². The van der Waals surface area contributed by atoms with Crippen LogP contribution in [0, 0.1) is 6.92 Å². The van der Waals surface area contributed by atoms with Crippen LogP contribution in [0.1, 0.15) is 46.8 Å². The summed E-state index contributed by atoms with van der Waals surface area (Å²) in [5.74, 6) is 1.07. The summed E-state index contributed by atoms with van der Waals surface area (Å²) in [7, 11) is 1.63. The summed E-state index contributed by atoms with van der Waals surface area (Å²) < 4.78 is 0. The molecule has 0 aliphatic rings. The lowest BCUT2D eigenvalue weighted by molar-refractivity contribution is 0.0963. The first-order valence-corrected chi connectivity index (χ1v) is 9.43. The van der Waals surface area contributed by atoms with Crippen LogP contribution in [0.4, 0.5) is 0 Å². The van der Waals surface area contributed by atoms with Gasteiger partial charge in [0.25, 0.3) is 5.91 Å². The summed E-state index contributed by atoms with van der Waals surface area (Å²) >= 11 is 0. The molecule has 1 amide bonds. The minimum Gasteiger partial charge on any atom is -0.357 e. The maximum atomic E-state index is 11.8. The van der Waals surface area contributed by atoms with Gasteiger partial charge < -0.3 is 16.0 Å². The molecule has 0 saturated carbocycles. The monoisotopic (exact) mass is 366 g/mol. The van der Waals surface area contributed by atoms with Crippen LogP contribution in [-0.2, 0) is 6.54 Å². The van der Waals surface area contributed by atoms with Gasteiger partial charge in [-0.3, -0.25) is 4.79 Å². The maximum absolute atomic E-state index is 11.8. The minimum absolute atomic E-state index is 0.0854. The molecular formula is C22H30N4O. The zero-order valence-corrected chi connectivity index (χ0v) is 16.7. The van der Waals surface area contributed by atoms with Crippen molar-refractivity contribution in [3.63, 3.8) is 0 Å². The third-order valence-corrected chi connectivity index (χ3v) is 4.40. The van der Waals surface area contributed by atoms with Gasteiger partial charge in [0.1, 0.15) is 0 Å². The Labute approximate surface area is 162 Å². The van der Waals surface area contributed by atoms with Crippen molar-refractivity contribution in [1.82, 2.24) is 16.0 Å². The Morgan fingerprint density at radius 1 is 1.11 bits per heavy atom. The fourth-order valence-corrected chi connectivity index (χ4v) is 2.73. The number of rotatable bonds is 7. The molecule has 1 atom stereocenters. The van der Waals surface area contributed by atoms with Crippen molar-refractivity contribution in [3.05, 3.63) is 70.8 Å². The van der Waals surface area contributed by atoms with Gasteiger partial charge in [-0.2, -0.15) is 0 Å². The summed E-state index contributed by atoms with van der Waals surface area (Å²) in [6.07, 6.45) is 0.